The Morgan fingerprint density at radius 2 is 1.83 bits per heavy atom. The van der Waals surface area contributed by atoms with Crippen molar-refractivity contribution in [1.82, 2.24) is 4.90 Å². The van der Waals surface area contributed by atoms with E-state index in [2.05, 4.69) is 47.8 Å². The summed E-state index contributed by atoms with van der Waals surface area (Å²) in [5.41, 5.74) is 6.31. The van der Waals surface area contributed by atoms with Crippen LogP contribution in [0.4, 0.5) is 10.5 Å². The summed E-state index contributed by atoms with van der Waals surface area (Å²) in [5, 5.41) is 3.94. The average Bonchev–Trinajstić information content (AvgIpc) is 3.18. The van der Waals surface area contributed by atoms with Gasteiger partial charge in [0.05, 0.1) is 12.1 Å². The van der Waals surface area contributed by atoms with Crippen molar-refractivity contribution in [3.8, 4) is 0 Å². The number of hydrogen-bond acceptors (Lipinski definition) is 3. The first-order valence-electron chi connectivity index (χ1n) is 11.4. The van der Waals surface area contributed by atoms with Crippen LogP contribution in [-0.2, 0) is 17.6 Å². The van der Waals surface area contributed by atoms with Crippen molar-refractivity contribution < 1.29 is 9.53 Å². The molecule has 1 saturated heterocycles. The largest absolute Gasteiger partial charge is 0.444 e. The molecule has 2 aromatic rings. The van der Waals surface area contributed by atoms with Crippen LogP contribution >= 0.6 is 0 Å². The molecule has 1 amide bonds. The number of ether oxygens (including phenoxy) is 1. The van der Waals surface area contributed by atoms with E-state index in [0.717, 1.165) is 25.8 Å². The summed E-state index contributed by atoms with van der Waals surface area (Å²) in [6.07, 6.45) is 5.58. The molecule has 1 N–H and O–H groups in total. The molecule has 0 spiro atoms. The predicted molar refractivity (Wildman–Crippen MR) is 120 cm³/mol. The topological polar surface area (TPSA) is 41.6 Å². The van der Waals surface area contributed by atoms with Crippen molar-refractivity contribution >= 4 is 11.8 Å². The minimum absolute atomic E-state index is 0.0635. The molecule has 30 heavy (non-hydrogen) atoms. The zero-order valence-corrected chi connectivity index (χ0v) is 18.3. The van der Waals surface area contributed by atoms with Crippen molar-refractivity contribution in [3.05, 3.63) is 64.7 Å². The van der Waals surface area contributed by atoms with Gasteiger partial charge in [-0.2, -0.15) is 0 Å². The fourth-order valence-electron chi connectivity index (χ4n) is 5.61. The van der Waals surface area contributed by atoms with Gasteiger partial charge in [0.2, 0.25) is 0 Å². The molecule has 1 aliphatic carbocycles. The molecule has 5 rings (SSSR count). The minimum atomic E-state index is -0.487. The Bertz CT molecular complexity index is 947. The van der Waals surface area contributed by atoms with Crippen LogP contribution in [0.2, 0.25) is 0 Å². The lowest BCUT2D eigenvalue weighted by Gasteiger charge is -2.42. The molecule has 2 aliphatic heterocycles. The van der Waals surface area contributed by atoms with Crippen molar-refractivity contribution in [2.75, 3.05) is 11.9 Å². The molecule has 0 bridgehead atoms. The lowest BCUT2D eigenvalue weighted by molar-refractivity contribution is 0.0198. The van der Waals surface area contributed by atoms with E-state index in [1.165, 1.54) is 40.8 Å². The number of fused-ring (bicyclic) bond motifs is 5. The molecule has 0 aromatic heterocycles. The summed E-state index contributed by atoms with van der Waals surface area (Å²) in [6, 6.07) is 15.6. The molecule has 2 heterocycles. The van der Waals surface area contributed by atoms with Crippen molar-refractivity contribution in [2.45, 2.75) is 70.6 Å². The van der Waals surface area contributed by atoms with E-state index in [-0.39, 0.29) is 18.2 Å². The van der Waals surface area contributed by atoms with Crippen molar-refractivity contribution in [2.24, 2.45) is 5.92 Å². The fourth-order valence-corrected chi connectivity index (χ4v) is 5.61. The minimum Gasteiger partial charge on any atom is -0.444 e. The van der Waals surface area contributed by atoms with E-state index < -0.39 is 5.60 Å². The van der Waals surface area contributed by atoms with Crippen LogP contribution in [0.25, 0.3) is 0 Å². The highest BCUT2D eigenvalue weighted by molar-refractivity contribution is 5.73. The Balaban J connectivity index is 1.60. The van der Waals surface area contributed by atoms with Gasteiger partial charge in [0.1, 0.15) is 5.60 Å². The van der Waals surface area contributed by atoms with E-state index in [9.17, 15) is 4.79 Å². The summed E-state index contributed by atoms with van der Waals surface area (Å²) in [4.78, 5) is 15.1. The summed E-state index contributed by atoms with van der Waals surface area (Å²) < 4.78 is 5.81. The van der Waals surface area contributed by atoms with Gasteiger partial charge in [-0.25, -0.2) is 4.79 Å². The molecule has 1 fully saturated rings. The van der Waals surface area contributed by atoms with Gasteiger partial charge in [-0.05, 0) is 75.1 Å². The van der Waals surface area contributed by atoms with Crippen molar-refractivity contribution in [1.29, 1.82) is 0 Å². The summed E-state index contributed by atoms with van der Waals surface area (Å²) >= 11 is 0. The van der Waals surface area contributed by atoms with Crippen LogP contribution in [0.5, 0.6) is 0 Å². The molecule has 3 atom stereocenters. The third kappa shape index (κ3) is 3.36. The van der Waals surface area contributed by atoms with Crippen LogP contribution in [0.1, 0.15) is 74.4 Å². The summed E-state index contributed by atoms with van der Waals surface area (Å²) in [6.45, 7) is 6.57. The van der Waals surface area contributed by atoms with Gasteiger partial charge >= 0.3 is 6.09 Å². The molecular formula is C26H32N2O2. The van der Waals surface area contributed by atoms with Gasteiger partial charge in [0.25, 0.3) is 0 Å². The first-order chi connectivity index (χ1) is 14.4. The first-order valence-corrected chi connectivity index (χ1v) is 11.4. The lowest BCUT2D eigenvalue weighted by Crippen LogP contribution is -2.40. The monoisotopic (exact) mass is 404 g/mol. The van der Waals surface area contributed by atoms with Gasteiger partial charge < -0.3 is 15.0 Å². The normalized spacial score (nSPS) is 25.0. The van der Waals surface area contributed by atoms with Crippen molar-refractivity contribution in [3.63, 3.8) is 0 Å². The number of carbonyl (C=O) groups excluding carboxylic acids is 1. The number of nitrogens with zero attached hydrogens (tertiary/aromatic N) is 1. The van der Waals surface area contributed by atoms with Gasteiger partial charge in [-0.1, -0.05) is 42.5 Å². The van der Waals surface area contributed by atoms with E-state index in [1.54, 1.807) is 0 Å². The predicted octanol–water partition coefficient (Wildman–Crippen LogP) is 6.03. The van der Waals surface area contributed by atoms with Gasteiger partial charge in [0, 0.05) is 18.2 Å². The second kappa shape index (κ2) is 7.33. The van der Waals surface area contributed by atoms with E-state index >= 15 is 0 Å². The molecule has 0 unspecified atom stereocenters. The number of rotatable bonds is 1. The molecule has 4 heteroatoms. The third-order valence-corrected chi connectivity index (χ3v) is 6.84. The maximum absolute atomic E-state index is 13.1. The molecule has 3 aliphatic rings. The Kier molecular flexibility index (Phi) is 4.76. The number of likely N-dealkylation sites (tertiary alicyclic amines) is 1. The van der Waals surface area contributed by atoms with Gasteiger partial charge in [-0.3, -0.25) is 0 Å². The molecule has 0 saturated carbocycles. The lowest BCUT2D eigenvalue weighted by atomic mass is 9.77. The SMILES string of the molecule is CC(C)(C)OC(=O)N1CC[C@@H]2[C@H](c3ccccc3)Nc3c(ccc4c3CCCC4)[C@@H]21. The maximum atomic E-state index is 13.1. The number of anilines is 1. The Labute approximate surface area is 179 Å². The summed E-state index contributed by atoms with van der Waals surface area (Å²) in [7, 11) is 0. The number of nitrogens with one attached hydrogen (secondary N) is 1. The number of benzene rings is 2. The van der Waals surface area contributed by atoms with E-state index in [4.69, 9.17) is 4.74 Å². The van der Waals surface area contributed by atoms with Crippen LogP contribution in [0, 0.1) is 5.92 Å². The van der Waals surface area contributed by atoms with Gasteiger partial charge in [-0.15, -0.1) is 0 Å². The second-order valence-electron chi connectivity index (χ2n) is 9.98. The Hall–Kier alpha value is -2.49. The highest BCUT2D eigenvalue weighted by atomic mass is 16.6. The zero-order valence-electron chi connectivity index (χ0n) is 18.3. The Morgan fingerprint density at radius 1 is 1.07 bits per heavy atom. The fraction of sp³-hybridized carbons (Fsp3) is 0.500. The molecular weight excluding hydrogens is 372 g/mol. The Morgan fingerprint density at radius 3 is 2.60 bits per heavy atom. The van der Waals surface area contributed by atoms with Crippen LogP contribution in [0.3, 0.4) is 0 Å². The molecule has 2 aromatic carbocycles. The number of amides is 1. The van der Waals surface area contributed by atoms with E-state index in [1.807, 2.05) is 25.7 Å². The average molecular weight is 405 g/mol. The standard InChI is InChI=1S/C26H32N2O2/c1-26(2,3)30-25(29)28-16-15-21-22(18-10-5-4-6-11-18)27-23-19-12-8-7-9-17(19)13-14-20(23)24(21)28/h4-6,10-11,13-14,21-22,24,27H,7-9,12,15-16H2,1-3H3/t21-,22+,24+/m1/s1. The number of hydrogen-bond donors (Lipinski definition) is 1. The number of carbonyl (C=O) groups is 1. The second-order valence-corrected chi connectivity index (χ2v) is 9.98. The molecule has 158 valence electrons. The maximum Gasteiger partial charge on any atom is 0.410 e. The van der Waals surface area contributed by atoms with Crippen LogP contribution < -0.4 is 5.32 Å². The highest BCUT2D eigenvalue weighted by Gasteiger charge is 2.48. The zero-order chi connectivity index (χ0) is 20.9. The third-order valence-electron chi connectivity index (χ3n) is 6.84. The van der Waals surface area contributed by atoms with Gasteiger partial charge in [0.15, 0.2) is 0 Å². The highest BCUT2D eigenvalue weighted by Crippen LogP contribution is 2.53. The summed E-state index contributed by atoms with van der Waals surface area (Å²) in [5.74, 6) is 0.342. The smallest absolute Gasteiger partial charge is 0.410 e. The van der Waals surface area contributed by atoms with Crippen LogP contribution in [0.15, 0.2) is 42.5 Å². The quantitative estimate of drug-likeness (QED) is 0.631. The first kappa shape index (κ1) is 19.5. The molecule has 0 radical (unpaired) electrons. The van der Waals surface area contributed by atoms with E-state index in [0.29, 0.717) is 5.92 Å². The van der Waals surface area contributed by atoms with Crippen LogP contribution in [-0.4, -0.2) is 23.1 Å². The molecule has 4 nitrogen and oxygen atoms in total. The number of aryl methyl sites for hydroxylation is 1.